The van der Waals surface area contributed by atoms with E-state index in [-0.39, 0.29) is 5.92 Å². The van der Waals surface area contributed by atoms with E-state index in [2.05, 4.69) is 19.1 Å². The maximum absolute atomic E-state index is 15.2. The summed E-state index contributed by atoms with van der Waals surface area (Å²) in [6, 6.07) is 10.7. The minimum absolute atomic E-state index is 0.125. The Morgan fingerprint density at radius 3 is 2.34 bits per heavy atom. The summed E-state index contributed by atoms with van der Waals surface area (Å²) in [7, 11) is 0. The monoisotopic (exact) mass is 436 g/mol. The van der Waals surface area contributed by atoms with Crippen molar-refractivity contribution >= 4 is 0 Å². The van der Waals surface area contributed by atoms with Gasteiger partial charge in [0.2, 0.25) is 0 Å². The van der Waals surface area contributed by atoms with Gasteiger partial charge in [-0.15, -0.1) is 0 Å². The van der Waals surface area contributed by atoms with Gasteiger partial charge in [-0.25, -0.2) is 8.78 Å². The fourth-order valence-electron chi connectivity index (χ4n) is 5.73. The van der Waals surface area contributed by atoms with Crippen LogP contribution in [0.25, 0.3) is 11.1 Å². The van der Waals surface area contributed by atoms with Crippen LogP contribution in [0.1, 0.15) is 63.9 Å². The van der Waals surface area contributed by atoms with Crippen LogP contribution < -0.4 is 4.74 Å². The van der Waals surface area contributed by atoms with Gasteiger partial charge in [-0.2, -0.15) is 0 Å². The molecule has 2 fully saturated rings. The molecule has 0 radical (unpaired) electrons. The molecule has 32 heavy (non-hydrogen) atoms. The molecular formula is C29H34F2O. The Kier molecular flexibility index (Phi) is 7.44. The smallest absolute Gasteiger partial charge is 0.166 e. The molecule has 0 saturated heterocycles. The molecule has 4 atom stereocenters. The van der Waals surface area contributed by atoms with E-state index in [1.165, 1.54) is 19.3 Å². The van der Waals surface area contributed by atoms with Gasteiger partial charge in [0, 0.05) is 5.56 Å². The molecule has 0 aromatic heterocycles. The van der Waals surface area contributed by atoms with Crippen LogP contribution in [0.15, 0.2) is 60.7 Å². The zero-order valence-electron chi connectivity index (χ0n) is 19.2. The number of fused-ring (bicyclic) bond motifs is 1. The Morgan fingerprint density at radius 2 is 1.59 bits per heavy atom. The van der Waals surface area contributed by atoms with Crippen molar-refractivity contribution in [3.8, 4) is 16.9 Å². The average molecular weight is 437 g/mol. The first-order valence-electron chi connectivity index (χ1n) is 12.1. The molecular weight excluding hydrogens is 402 g/mol. The summed E-state index contributed by atoms with van der Waals surface area (Å²) in [5.74, 6) is 1.53. The molecule has 2 aliphatic carbocycles. The van der Waals surface area contributed by atoms with Crippen LogP contribution in [0, 0.1) is 29.4 Å². The van der Waals surface area contributed by atoms with Gasteiger partial charge in [-0.1, -0.05) is 48.6 Å². The summed E-state index contributed by atoms with van der Waals surface area (Å²) in [6.07, 6.45) is 15.1. The number of benzene rings is 2. The molecule has 0 N–H and O–H groups in total. The topological polar surface area (TPSA) is 9.23 Å². The van der Waals surface area contributed by atoms with Crippen LogP contribution in [0.5, 0.6) is 5.75 Å². The van der Waals surface area contributed by atoms with Gasteiger partial charge in [0.25, 0.3) is 0 Å². The average Bonchev–Trinajstić information content (AvgIpc) is 2.81. The summed E-state index contributed by atoms with van der Waals surface area (Å²) in [5, 5.41) is 0. The van der Waals surface area contributed by atoms with E-state index < -0.39 is 11.6 Å². The van der Waals surface area contributed by atoms with E-state index in [9.17, 15) is 0 Å². The lowest BCUT2D eigenvalue weighted by Gasteiger charge is -2.42. The van der Waals surface area contributed by atoms with Gasteiger partial charge in [0.05, 0.1) is 0 Å². The SMILES string of the molecule is C/C=C/COc1ccc(-c2ccc(C3CCC4CC(/C=C/C)CCC4C3)c(F)c2F)cc1. The predicted octanol–water partition coefficient (Wildman–Crippen LogP) is 8.46. The third-order valence-electron chi connectivity index (χ3n) is 7.42. The minimum atomic E-state index is -0.732. The first-order valence-corrected chi connectivity index (χ1v) is 12.1. The van der Waals surface area contributed by atoms with E-state index in [1.807, 2.05) is 25.1 Å². The maximum atomic E-state index is 15.2. The van der Waals surface area contributed by atoms with Crippen LogP contribution in [0.4, 0.5) is 8.78 Å². The van der Waals surface area contributed by atoms with Crippen molar-refractivity contribution in [3.63, 3.8) is 0 Å². The number of allylic oxidation sites excluding steroid dienone is 3. The second-order valence-corrected chi connectivity index (χ2v) is 9.36. The Balaban J connectivity index is 1.46. The number of halogens is 2. The van der Waals surface area contributed by atoms with Crippen molar-refractivity contribution in [2.45, 2.75) is 58.3 Å². The highest BCUT2D eigenvalue weighted by molar-refractivity contribution is 5.65. The molecule has 0 aliphatic heterocycles. The zero-order chi connectivity index (χ0) is 22.5. The maximum Gasteiger partial charge on any atom is 0.166 e. The second kappa shape index (κ2) is 10.5. The van der Waals surface area contributed by atoms with Crippen LogP contribution >= 0.6 is 0 Å². The Hall–Kier alpha value is -2.42. The Morgan fingerprint density at radius 1 is 0.844 bits per heavy atom. The normalized spacial score (nSPS) is 25.9. The summed E-state index contributed by atoms with van der Waals surface area (Å²) in [4.78, 5) is 0. The largest absolute Gasteiger partial charge is 0.490 e. The van der Waals surface area contributed by atoms with Gasteiger partial charge in [0.1, 0.15) is 12.4 Å². The highest BCUT2D eigenvalue weighted by Gasteiger charge is 2.36. The van der Waals surface area contributed by atoms with Crippen molar-refractivity contribution in [2.75, 3.05) is 6.61 Å². The summed E-state index contributed by atoms with van der Waals surface area (Å²) in [6.45, 7) is 4.53. The first kappa shape index (κ1) is 22.8. The molecule has 3 heteroatoms. The van der Waals surface area contributed by atoms with E-state index in [0.29, 0.717) is 40.9 Å². The number of hydrogen-bond acceptors (Lipinski definition) is 1. The molecule has 4 rings (SSSR count). The molecule has 2 saturated carbocycles. The molecule has 2 aliphatic rings. The van der Waals surface area contributed by atoms with E-state index >= 15 is 8.78 Å². The molecule has 0 amide bonds. The lowest BCUT2D eigenvalue weighted by Crippen LogP contribution is -2.30. The van der Waals surface area contributed by atoms with Crippen molar-refractivity contribution in [1.29, 1.82) is 0 Å². The van der Waals surface area contributed by atoms with Gasteiger partial charge in [-0.05, 0) is 99.3 Å². The summed E-state index contributed by atoms with van der Waals surface area (Å²) >= 11 is 0. The standard InChI is InChI=1S/C29H34F2O/c1-3-5-17-32-25-13-11-21(12-14-25)26-15-16-27(29(31)28(26)30)24-10-9-22-18-20(6-4-2)7-8-23(22)19-24/h3-6,11-16,20,22-24H,7-10,17-19H2,1-2H3/b5-3+,6-4+. The zero-order valence-corrected chi connectivity index (χ0v) is 19.2. The van der Waals surface area contributed by atoms with E-state index in [4.69, 9.17) is 4.74 Å². The highest BCUT2D eigenvalue weighted by Crippen LogP contribution is 2.48. The summed E-state index contributed by atoms with van der Waals surface area (Å²) in [5.41, 5.74) is 1.54. The molecule has 170 valence electrons. The van der Waals surface area contributed by atoms with Crippen LogP contribution in [0.3, 0.4) is 0 Å². The molecule has 1 nitrogen and oxygen atoms in total. The lowest BCUT2D eigenvalue weighted by atomic mass is 9.64. The number of ether oxygens (including phenoxy) is 1. The summed E-state index contributed by atoms with van der Waals surface area (Å²) < 4.78 is 35.9. The molecule has 4 unspecified atom stereocenters. The van der Waals surface area contributed by atoms with E-state index in [1.54, 1.807) is 30.3 Å². The van der Waals surface area contributed by atoms with Gasteiger partial charge < -0.3 is 4.74 Å². The molecule has 0 spiro atoms. The quantitative estimate of drug-likeness (QED) is 0.413. The lowest BCUT2D eigenvalue weighted by molar-refractivity contribution is 0.132. The predicted molar refractivity (Wildman–Crippen MR) is 128 cm³/mol. The third kappa shape index (κ3) is 4.98. The fraction of sp³-hybridized carbons (Fsp3) is 0.448. The fourth-order valence-corrected chi connectivity index (χ4v) is 5.73. The number of rotatable bonds is 6. The second-order valence-electron chi connectivity index (χ2n) is 9.36. The molecule has 2 aromatic rings. The first-order chi connectivity index (χ1) is 15.6. The minimum Gasteiger partial charge on any atom is -0.490 e. The van der Waals surface area contributed by atoms with Gasteiger partial charge in [0.15, 0.2) is 11.6 Å². The van der Waals surface area contributed by atoms with Crippen molar-refractivity contribution in [2.24, 2.45) is 17.8 Å². The Bertz CT molecular complexity index is 960. The molecule has 0 bridgehead atoms. The molecule has 0 heterocycles. The number of hydrogen-bond donors (Lipinski definition) is 0. The van der Waals surface area contributed by atoms with Crippen molar-refractivity contribution in [3.05, 3.63) is 77.9 Å². The van der Waals surface area contributed by atoms with E-state index in [0.717, 1.165) is 25.2 Å². The van der Waals surface area contributed by atoms with Crippen molar-refractivity contribution < 1.29 is 13.5 Å². The third-order valence-corrected chi connectivity index (χ3v) is 7.42. The van der Waals surface area contributed by atoms with Crippen LogP contribution in [0.2, 0.25) is 0 Å². The van der Waals surface area contributed by atoms with Gasteiger partial charge in [-0.3, -0.25) is 0 Å². The van der Waals surface area contributed by atoms with Crippen molar-refractivity contribution in [1.82, 2.24) is 0 Å². The molecule has 2 aromatic carbocycles. The van der Waals surface area contributed by atoms with Gasteiger partial charge >= 0.3 is 0 Å². The Labute approximate surface area is 191 Å². The van der Waals surface area contributed by atoms with Crippen LogP contribution in [-0.2, 0) is 0 Å². The van der Waals surface area contributed by atoms with Crippen LogP contribution in [-0.4, -0.2) is 6.61 Å². The highest BCUT2D eigenvalue weighted by atomic mass is 19.2.